The van der Waals surface area contributed by atoms with Gasteiger partial charge in [-0.15, -0.1) is 0 Å². The topological polar surface area (TPSA) is 94.5 Å². The third kappa shape index (κ3) is 4.74. The molecule has 2 aromatic heterocycles. The Morgan fingerprint density at radius 3 is 2.31 bits per heavy atom. The number of aromatic nitrogens is 2. The van der Waals surface area contributed by atoms with E-state index in [2.05, 4.69) is 10.5 Å². The molecular weight excluding hydrogens is 466 g/mol. The van der Waals surface area contributed by atoms with Crippen molar-refractivity contribution in [1.82, 2.24) is 14.6 Å². The van der Waals surface area contributed by atoms with Gasteiger partial charge in [0.2, 0.25) is 0 Å². The second-order valence-electron chi connectivity index (χ2n) is 8.25. The van der Waals surface area contributed by atoms with Crippen LogP contribution in [0.1, 0.15) is 38.7 Å². The van der Waals surface area contributed by atoms with E-state index in [0.717, 1.165) is 34.0 Å². The largest absolute Gasteiger partial charge is 0.318 e. The lowest BCUT2D eigenvalue weighted by atomic mass is 10.2. The summed E-state index contributed by atoms with van der Waals surface area (Å²) < 4.78 is 3.94. The molecule has 0 spiro atoms. The Morgan fingerprint density at radius 1 is 0.943 bits per heavy atom. The molecule has 0 aliphatic rings. The maximum Gasteiger partial charge on any atom is 0.272 e. The van der Waals surface area contributed by atoms with Gasteiger partial charge in [0.1, 0.15) is 0 Å². The molecule has 0 unspecified atom stereocenters. The van der Waals surface area contributed by atoms with Gasteiger partial charge in [0, 0.05) is 46.2 Å². The number of hydrazone groups is 1. The fraction of sp³-hybridized carbons (Fsp3) is 0.154. The fourth-order valence-corrected chi connectivity index (χ4v) is 4.39. The van der Waals surface area contributed by atoms with Crippen molar-refractivity contribution in [3.8, 4) is 11.4 Å². The van der Waals surface area contributed by atoms with Gasteiger partial charge >= 0.3 is 0 Å². The lowest BCUT2D eigenvalue weighted by molar-refractivity contribution is -0.384. The van der Waals surface area contributed by atoms with Gasteiger partial charge in [0.05, 0.1) is 27.4 Å². The van der Waals surface area contributed by atoms with Gasteiger partial charge in [0.15, 0.2) is 0 Å². The van der Waals surface area contributed by atoms with E-state index in [9.17, 15) is 14.9 Å². The minimum Gasteiger partial charge on any atom is -0.318 e. The smallest absolute Gasteiger partial charge is 0.272 e. The number of nitro groups is 1. The Labute approximate surface area is 207 Å². The lowest BCUT2D eigenvalue weighted by Crippen LogP contribution is -2.18. The van der Waals surface area contributed by atoms with Crippen LogP contribution in [0.25, 0.3) is 11.4 Å². The summed E-state index contributed by atoms with van der Waals surface area (Å²) in [4.78, 5) is 23.6. The fourth-order valence-electron chi connectivity index (χ4n) is 4.18. The maximum absolute atomic E-state index is 12.8. The van der Waals surface area contributed by atoms with E-state index < -0.39 is 10.8 Å². The molecule has 0 saturated heterocycles. The molecule has 2 aromatic carbocycles. The molecule has 0 aliphatic carbocycles. The van der Waals surface area contributed by atoms with E-state index in [0.29, 0.717) is 16.3 Å². The van der Waals surface area contributed by atoms with Crippen LogP contribution in [0.4, 0.5) is 5.69 Å². The van der Waals surface area contributed by atoms with Gasteiger partial charge in [-0.3, -0.25) is 14.9 Å². The molecule has 1 N–H and O–H groups in total. The molecule has 1 amide bonds. The van der Waals surface area contributed by atoms with Crippen LogP contribution >= 0.6 is 11.6 Å². The minimum atomic E-state index is -0.428. The van der Waals surface area contributed by atoms with Crippen molar-refractivity contribution in [2.24, 2.45) is 5.10 Å². The number of aryl methyl sites for hydroxylation is 3. The van der Waals surface area contributed by atoms with Gasteiger partial charge in [0.25, 0.3) is 11.6 Å². The zero-order valence-electron chi connectivity index (χ0n) is 19.7. The molecule has 4 aromatic rings. The molecule has 0 fully saturated rings. The number of nitro benzene ring substituents is 1. The van der Waals surface area contributed by atoms with E-state index in [1.807, 2.05) is 61.1 Å². The van der Waals surface area contributed by atoms with Crippen LogP contribution in [0.5, 0.6) is 0 Å². The lowest BCUT2D eigenvalue weighted by Gasteiger charge is -2.12. The summed E-state index contributed by atoms with van der Waals surface area (Å²) in [5.41, 5.74) is 8.98. The molecule has 35 heavy (non-hydrogen) atoms. The molecule has 0 bridgehead atoms. The van der Waals surface area contributed by atoms with Gasteiger partial charge in [-0.25, -0.2) is 5.43 Å². The molecule has 178 valence electrons. The standard InChI is InChI=1S/C26H24ClN5O3/c1-16-8-9-17(2)30(16)22-10-11-25(27)24(14-22)26(33)29-28-15-20-12-18(3)31(19(20)4)21-6-5-7-23(13-21)32(34)35/h5-15H,1-4H3,(H,29,33). The first kappa shape index (κ1) is 24.0. The number of non-ortho nitro benzene ring substituents is 1. The number of carbonyl (C=O) groups is 1. The number of rotatable bonds is 6. The molecule has 0 atom stereocenters. The Balaban J connectivity index is 1.56. The second-order valence-corrected chi connectivity index (χ2v) is 8.66. The van der Waals surface area contributed by atoms with Gasteiger partial charge in [-0.2, -0.15) is 5.10 Å². The number of nitrogens with zero attached hydrogens (tertiary/aromatic N) is 4. The number of nitrogens with one attached hydrogen (secondary N) is 1. The summed E-state index contributed by atoms with van der Waals surface area (Å²) >= 11 is 6.31. The number of hydrogen-bond acceptors (Lipinski definition) is 4. The first-order chi connectivity index (χ1) is 16.7. The minimum absolute atomic E-state index is 0.0156. The first-order valence-electron chi connectivity index (χ1n) is 10.9. The molecule has 8 nitrogen and oxygen atoms in total. The molecule has 9 heteroatoms. The monoisotopic (exact) mass is 489 g/mol. The average Bonchev–Trinajstić information content (AvgIpc) is 3.31. The predicted octanol–water partition coefficient (Wildman–Crippen LogP) is 5.83. The third-order valence-electron chi connectivity index (χ3n) is 5.86. The number of halogens is 1. The van der Waals surface area contributed by atoms with E-state index in [4.69, 9.17) is 11.6 Å². The summed E-state index contributed by atoms with van der Waals surface area (Å²) in [7, 11) is 0. The number of benzene rings is 2. The third-order valence-corrected chi connectivity index (χ3v) is 6.19. The maximum atomic E-state index is 12.8. The van der Waals surface area contributed by atoms with Crippen LogP contribution < -0.4 is 5.43 Å². The van der Waals surface area contributed by atoms with Crippen LogP contribution in [0.2, 0.25) is 5.02 Å². The molecule has 0 radical (unpaired) electrons. The summed E-state index contributed by atoms with van der Waals surface area (Å²) in [5, 5.41) is 15.6. The zero-order valence-corrected chi connectivity index (χ0v) is 20.5. The Hall–Kier alpha value is -4.17. The summed E-state index contributed by atoms with van der Waals surface area (Å²) in [5.74, 6) is -0.428. The summed E-state index contributed by atoms with van der Waals surface area (Å²) in [6, 6.07) is 17.6. The van der Waals surface area contributed by atoms with Crippen LogP contribution in [0.3, 0.4) is 0 Å². The van der Waals surface area contributed by atoms with Crippen molar-refractivity contribution >= 4 is 29.4 Å². The van der Waals surface area contributed by atoms with E-state index in [1.165, 1.54) is 12.1 Å². The Bertz CT molecular complexity index is 1460. The van der Waals surface area contributed by atoms with Gasteiger partial charge in [-0.05, 0) is 70.2 Å². The van der Waals surface area contributed by atoms with Crippen LogP contribution in [-0.4, -0.2) is 26.2 Å². The van der Waals surface area contributed by atoms with Crippen molar-refractivity contribution in [3.05, 3.63) is 110 Å². The highest BCUT2D eigenvalue weighted by atomic mass is 35.5. The van der Waals surface area contributed by atoms with Crippen LogP contribution in [0, 0.1) is 37.8 Å². The second kappa shape index (κ2) is 9.60. The highest BCUT2D eigenvalue weighted by molar-refractivity contribution is 6.33. The quantitative estimate of drug-likeness (QED) is 0.210. The van der Waals surface area contributed by atoms with Crippen LogP contribution in [-0.2, 0) is 0 Å². The molecule has 2 heterocycles. The van der Waals surface area contributed by atoms with Gasteiger partial charge < -0.3 is 9.13 Å². The highest BCUT2D eigenvalue weighted by Crippen LogP contribution is 2.24. The number of hydrogen-bond donors (Lipinski definition) is 1. The van der Waals surface area contributed by atoms with Crippen molar-refractivity contribution in [2.75, 3.05) is 0 Å². The van der Waals surface area contributed by atoms with E-state index in [-0.39, 0.29) is 5.69 Å². The van der Waals surface area contributed by atoms with Crippen molar-refractivity contribution in [2.45, 2.75) is 27.7 Å². The highest BCUT2D eigenvalue weighted by Gasteiger charge is 2.15. The zero-order chi connectivity index (χ0) is 25.3. The predicted molar refractivity (Wildman–Crippen MR) is 137 cm³/mol. The summed E-state index contributed by atoms with van der Waals surface area (Å²) in [6.07, 6.45) is 1.55. The average molecular weight is 490 g/mol. The SMILES string of the molecule is Cc1ccc(C)n1-c1ccc(Cl)c(C(=O)NN=Cc2cc(C)n(-c3cccc([N+](=O)[O-])c3)c2C)c1. The van der Waals surface area contributed by atoms with Crippen molar-refractivity contribution < 1.29 is 9.72 Å². The van der Waals surface area contributed by atoms with Crippen molar-refractivity contribution in [1.29, 1.82) is 0 Å². The van der Waals surface area contributed by atoms with E-state index >= 15 is 0 Å². The van der Waals surface area contributed by atoms with Crippen molar-refractivity contribution in [3.63, 3.8) is 0 Å². The molecular formula is C26H24ClN5O3. The first-order valence-corrected chi connectivity index (χ1v) is 11.3. The van der Waals surface area contributed by atoms with Crippen LogP contribution in [0.15, 0.2) is 65.8 Å². The number of carbonyl (C=O) groups excluding carboxylic acids is 1. The van der Waals surface area contributed by atoms with Gasteiger partial charge in [-0.1, -0.05) is 17.7 Å². The molecule has 0 saturated carbocycles. The summed E-state index contributed by atoms with van der Waals surface area (Å²) in [6.45, 7) is 7.78. The normalized spacial score (nSPS) is 11.2. The Morgan fingerprint density at radius 2 is 1.63 bits per heavy atom. The van der Waals surface area contributed by atoms with E-state index in [1.54, 1.807) is 30.5 Å². The Kier molecular flexibility index (Phi) is 6.57. The molecule has 0 aliphatic heterocycles. The number of amides is 1. The molecule has 4 rings (SSSR count).